The fraction of sp³-hybridized carbons (Fsp3) is 0.0417. The van der Waals surface area contributed by atoms with Crippen LogP contribution in [0.1, 0.15) is 35.3 Å². The minimum Gasteiger partial charge on any atom is -0.321 e. The molecule has 3 N–H and O–H groups in total. The molecule has 0 spiro atoms. The summed E-state index contributed by atoms with van der Waals surface area (Å²) in [6, 6.07) is 19.2. The first-order valence-electron chi connectivity index (χ1n) is 9.71. The lowest BCUT2D eigenvalue weighted by Gasteiger charge is -2.13. The van der Waals surface area contributed by atoms with Gasteiger partial charge in [0.15, 0.2) is 0 Å². The fourth-order valence-corrected chi connectivity index (χ4v) is 4.20. The molecule has 4 aromatic rings. The number of carbonyl (C=O) groups excluding carboxylic acids is 3. The van der Waals surface area contributed by atoms with Gasteiger partial charge in [-0.2, -0.15) is 0 Å². The fourth-order valence-electron chi connectivity index (χ4n) is 2.96. The van der Waals surface area contributed by atoms with Crippen molar-refractivity contribution in [3.05, 3.63) is 98.4 Å². The second kappa shape index (κ2) is 9.59. The maximum Gasteiger partial charge on any atom is 0.265 e. The van der Waals surface area contributed by atoms with E-state index in [9.17, 15) is 14.4 Å². The van der Waals surface area contributed by atoms with E-state index in [4.69, 9.17) is 0 Å². The van der Waals surface area contributed by atoms with Crippen molar-refractivity contribution in [3.63, 3.8) is 0 Å². The van der Waals surface area contributed by atoms with Gasteiger partial charge in [-0.05, 0) is 71.8 Å². The molecule has 0 saturated carbocycles. The molecule has 0 unspecified atom stereocenters. The van der Waals surface area contributed by atoms with Gasteiger partial charge in [0.25, 0.3) is 17.7 Å². The summed E-state index contributed by atoms with van der Waals surface area (Å²) in [6.07, 6.45) is 0. The molecule has 2 aromatic heterocycles. The summed E-state index contributed by atoms with van der Waals surface area (Å²) in [6.45, 7) is 1.91. The van der Waals surface area contributed by atoms with Gasteiger partial charge in [0.2, 0.25) is 0 Å². The standard InChI is InChI=1S/C24H19N3O3S2/c1-15-6-11-18(19(14-15)27-24(30)21-5-3-13-32-21)26-22(28)16-7-9-17(10-8-16)25-23(29)20-4-2-12-31-20/h2-14H,1H3,(H,25,29)(H,26,28)(H,27,30). The van der Waals surface area contributed by atoms with Crippen molar-refractivity contribution >= 4 is 57.5 Å². The molecule has 0 aliphatic rings. The summed E-state index contributed by atoms with van der Waals surface area (Å²) in [5.41, 5.74) is 3.00. The Morgan fingerprint density at radius 1 is 0.656 bits per heavy atom. The van der Waals surface area contributed by atoms with Crippen molar-refractivity contribution < 1.29 is 14.4 Å². The monoisotopic (exact) mass is 461 g/mol. The van der Waals surface area contributed by atoms with Crippen LogP contribution in [0.2, 0.25) is 0 Å². The molecule has 8 heteroatoms. The highest BCUT2D eigenvalue weighted by Crippen LogP contribution is 2.25. The second-order valence-corrected chi connectivity index (χ2v) is 8.84. The van der Waals surface area contributed by atoms with Crippen LogP contribution in [-0.4, -0.2) is 17.7 Å². The topological polar surface area (TPSA) is 87.3 Å². The van der Waals surface area contributed by atoms with E-state index < -0.39 is 0 Å². The van der Waals surface area contributed by atoms with Gasteiger partial charge in [-0.1, -0.05) is 18.2 Å². The minimum absolute atomic E-state index is 0.192. The van der Waals surface area contributed by atoms with Crippen LogP contribution >= 0.6 is 22.7 Å². The van der Waals surface area contributed by atoms with Crippen molar-refractivity contribution in [2.24, 2.45) is 0 Å². The lowest BCUT2D eigenvalue weighted by Crippen LogP contribution is -2.16. The van der Waals surface area contributed by atoms with Gasteiger partial charge in [0.05, 0.1) is 21.1 Å². The highest BCUT2D eigenvalue weighted by molar-refractivity contribution is 7.12. The largest absolute Gasteiger partial charge is 0.321 e. The Morgan fingerprint density at radius 2 is 1.25 bits per heavy atom. The molecule has 0 radical (unpaired) electrons. The third kappa shape index (κ3) is 5.11. The Kier molecular flexibility index (Phi) is 6.44. The average molecular weight is 462 g/mol. The van der Waals surface area contributed by atoms with Crippen LogP contribution in [0, 0.1) is 6.92 Å². The molecular weight excluding hydrogens is 442 g/mol. The Hall–Kier alpha value is -3.75. The third-order valence-electron chi connectivity index (χ3n) is 4.57. The Morgan fingerprint density at radius 3 is 1.84 bits per heavy atom. The van der Waals surface area contributed by atoms with Gasteiger partial charge in [-0.3, -0.25) is 14.4 Å². The van der Waals surface area contributed by atoms with E-state index in [1.54, 1.807) is 42.5 Å². The first-order chi connectivity index (χ1) is 15.5. The SMILES string of the molecule is Cc1ccc(NC(=O)c2ccc(NC(=O)c3cccs3)cc2)c(NC(=O)c2cccs2)c1. The predicted octanol–water partition coefficient (Wildman–Crippen LogP) is 5.87. The highest BCUT2D eigenvalue weighted by atomic mass is 32.1. The van der Waals surface area contributed by atoms with Crippen LogP contribution in [0.25, 0.3) is 0 Å². The van der Waals surface area contributed by atoms with E-state index in [0.29, 0.717) is 32.4 Å². The summed E-state index contributed by atoms with van der Waals surface area (Å²) in [4.78, 5) is 38.6. The van der Waals surface area contributed by atoms with Crippen LogP contribution < -0.4 is 16.0 Å². The number of benzene rings is 2. The van der Waals surface area contributed by atoms with Crippen molar-refractivity contribution in [1.82, 2.24) is 0 Å². The van der Waals surface area contributed by atoms with Gasteiger partial charge in [0.1, 0.15) is 0 Å². The van der Waals surface area contributed by atoms with E-state index in [2.05, 4.69) is 16.0 Å². The zero-order chi connectivity index (χ0) is 22.5. The Labute approximate surface area is 192 Å². The maximum atomic E-state index is 12.8. The zero-order valence-corrected chi connectivity index (χ0v) is 18.7. The number of thiophene rings is 2. The van der Waals surface area contributed by atoms with Gasteiger partial charge in [-0.15, -0.1) is 22.7 Å². The van der Waals surface area contributed by atoms with Gasteiger partial charge < -0.3 is 16.0 Å². The number of amides is 3. The number of nitrogens with one attached hydrogen (secondary N) is 3. The van der Waals surface area contributed by atoms with E-state index in [-0.39, 0.29) is 17.7 Å². The van der Waals surface area contributed by atoms with E-state index >= 15 is 0 Å². The highest BCUT2D eigenvalue weighted by Gasteiger charge is 2.14. The molecule has 0 atom stereocenters. The first kappa shape index (κ1) is 21.5. The van der Waals surface area contributed by atoms with Crippen LogP contribution in [0.3, 0.4) is 0 Å². The number of hydrogen-bond acceptors (Lipinski definition) is 5. The Balaban J connectivity index is 1.45. The number of anilines is 3. The summed E-state index contributed by atoms with van der Waals surface area (Å²) in [5.74, 6) is -0.744. The second-order valence-electron chi connectivity index (χ2n) is 6.94. The molecule has 0 bridgehead atoms. The molecule has 0 aliphatic heterocycles. The molecule has 0 saturated heterocycles. The molecule has 2 heterocycles. The number of aryl methyl sites for hydroxylation is 1. The summed E-state index contributed by atoms with van der Waals surface area (Å²) >= 11 is 2.71. The lowest BCUT2D eigenvalue weighted by molar-refractivity contribution is 0.101. The third-order valence-corrected chi connectivity index (χ3v) is 6.30. The normalized spacial score (nSPS) is 10.4. The molecular formula is C24H19N3O3S2. The number of hydrogen-bond donors (Lipinski definition) is 3. The molecule has 32 heavy (non-hydrogen) atoms. The van der Waals surface area contributed by atoms with Crippen LogP contribution in [0.4, 0.5) is 17.1 Å². The van der Waals surface area contributed by atoms with Crippen LogP contribution in [0.5, 0.6) is 0 Å². The van der Waals surface area contributed by atoms with E-state index in [1.165, 1.54) is 22.7 Å². The smallest absolute Gasteiger partial charge is 0.265 e. The number of carbonyl (C=O) groups is 3. The van der Waals surface area contributed by atoms with E-state index in [0.717, 1.165) is 5.56 Å². The molecule has 2 aromatic carbocycles. The summed E-state index contributed by atoms with van der Waals surface area (Å²) in [5, 5.41) is 12.2. The first-order valence-corrected chi connectivity index (χ1v) is 11.5. The minimum atomic E-state index is -0.323. The van der Waals surface area contributed by atoms with Crippen LogP contribution in [-0.2, 0) is 0 Å². The predicted molar refractivity (Wildman–Crippen MR) is 130 cm³/mol. The van der Waals surface area contributed by atoms with Gasteiger partial charge >= 0.3 is 0 Å². The summed E-state index contributed by atoms with van der Waals surface area (Å²) < 4.78 is 0. The van der Waals surface area contributed by atoms with Crippen molar-refractivity contribution in [3.8, 4) is 0 Å². The van der Waals surface area contributed by atoms with Crippen molar-refractivity contribution in [1.29, 1.82) is 0 Å². The lowest BCUT2D eigenvalue weighted by atomic mass is 10.1. The molecule has 3 amide bonds. The number of rotatable bonds is 6. The molecule has 0 aliphatic carbocycles. The van der Waals surface area contributed by atoms with E-state index in [1.807, 2.05) is 41.9 Å². The summed E-state index contributed by atoms with van der Waals surface area (Å²) in [7, 11) is 0. The van der Waals surface area contributed by atoms with Gasteiger partial charge in [-0.25, -0.2) is 0 Å². The van der Waals surface area contributed by atoms with Gasteiger partial charge in [0, 0.05) is 11.3 Å². The Bertz CT molecular complexity index is 1250. The molecule has 0 fully saturated rings. The quantitative estimate of drug-likeness (QED) is 0.335. The van der Waals surface area contributed by atoms with Crippen LogP contribution in [0.15, 0.2) is 77.5 Å². The molecule has 4 rings (SSSR count). The maximum absolute atomic E-state index is 12.8. The zero-order valence-electron chi connectivity index (χ0n) is 17.0. The van der Waals surface area contributed by atoms with Crippen molar-refractivity contribution in [2.75, 3.05) is 16.0 Å². The molecule has 160 valence electrons. The molecule has 6 nitrogen and oxygen atoms in total. The van der Waals surface area contributed by atoms with Crippen molar-refractivity contribution in [2.45, 2.75) is 6.92 Å². The average Bonchev–Trinajstić information content (AvgIpc) is 3.50.